The number of nitrogens with one attached hydrogen (secondary N) is 2. The number of carbonyl (C=O) groups excluding carboxylic acids is 1. The molecular formula is C18H16N2O5S. The number of anilines is 1. The molecule has 134 valence electrons. The van der Waals surface area contributed by atoms with Crippen molar-refractivity contribution in [3.05, 3.63) is 64.7 Å². The van der Waals surface area contributed by atoms with Crippen molar-refractivity contribution >= 4 is 23.1 Å². The molecular weight excluding hydrogens is 356 g/mol. The van der Waals surface area contributed by atoms with E-state index in [0.717, 1.165) is 0 Å². The van der Waals surface area contributed by atoms with Crippen molar-refractivity contribution in [2.75, 3.05) is 18.7 Å². The van der Waals surface area contributed by atoms with Crippen LogP contribution < -0.4 is 20.1 Å². The predicted molar refractivity (Wildman–Crippen MR) is 95.6 cm³/mol. The fraction of sp³-hybridized carbons (Fsp3) is 0.167. The summed E-state index contributed by atoms with van der Waals surface area (Å²) in [6.45, 7) is 0.120. The standard InChI is InChI=1S/C18H16N2O5S/c21-17(20-13-3-4-14-15(8-13)25-11-24-14)19-10-18(22,12-5-7-26-9-12)16-2-1-6-23-16/h1-9,22H,10-11H2,(H2,19,20,21)/t18-/m1/s1. The van der Waals surface area contributed by atoms with Crippen LogP contribution in [0, 0.1) is 0 Å². The van der Waals surface area contributed by atoms with Gasteiger partial charge in [-0.25, -0.2) is 4.79 Å². The van der Waals surface area contributed by atoms with Gasteiger partial charge in [0.15, 0.2) is 17.1 Å². The molecule has 0 spiro atoms. The Morgan fingerprint density at radius 2 is 2.12 bits per heavy atom. The van der Waals surface area contributed by atoms with Gasteiger partial charge in [0, 0.05) is 17.3 Å². The number of ether oxygens (including phenoxy) is 2. The lowest BCUT2D eigenvalue weighted by Crippen LogP contribution is -2.42. The lowest BCUT2D eigenvalue weighted by molar-refractivity contribution is 0.0597. The van der Waals surface area contributed by atoms with Crippen molar-refractivity contribution in [3.8, 4) is 11.5 Å². The van der Waals surface area contributed by atoms with Gasteiger partial charge in [0.25, 0.3) is 0 Å². The third-order valence-electron chi connectivity index (χ3n) is 4.06. The summed E-state index contributed by atoms with van der Waals surface area (Å²) in [6, 6.07) is 9.83. The van der Waals surface area contributed by atoms with Gasteiger partial charge in [-0.3, -0.25) is 0 Å². The van der Waals surface area contributed by atoms with Gasteiger partial charge in [0.2, 0.25) is 6.79 Å². The molecule has 1 aromatic carbocycles. The number of fused-ring (bicyclic) bond motifs is 1. The van der Waals surface area contributed by atoms with Gasteiger partial charge in [0.05, 0.1) is 12.8 Å². The van der Waals surface area contributed by atoms with E-state index < -0.39 is 11.6 Å². The van der Waals surface area contributed by atoms with Gasteiger partial charge in [0.1, 0.15) is 5.76 Å². The highest BCUT2D eigenvalue weighted by molar-refractivity contribution is 7.08. The van der Waals surface area contributed by atoms with Gasteiger partial charge >= 0.3 is 6.03 Å². The van der Waals surface area contributed by atoms with Gasteiger partial charge in [-0.15, -0.1) is 0 Å². The third kappa shape index (κ3) is 3.12. The molecule has 0 fully saturated rings. The Kier molecular flexibility index (Phi) is 4.27. The van der Waals surface area contributed by atoms with Crippen molar-refractivity contribution in [1.29, 1.82) is 0 Å². The maximum atomic E-state index is 12.3. The zero-order valence-electron chi connectivity index (χ0n) is 13.6. The molecule has 0 aliphatic carbocycles. The maximum Gasteiger partial charge on any atom is 0.319 e. The summed E-state index contributed by atoms with van der Waals surface area (Å²) >= 11 is 1.46. The smallest absolute Gasteiger partial charge is 0.319 e. The predicted octanol–water partition coefficient (Wildman–Crippen LogP) is 3.13. The van der Waals surface area contributed by atoms with E-state index in [1.54, 1.807) is 36.4 Å². The van der Waals surface area contributed by atoms with Crippen LogP contribution in [0.5, 0.6) is 11.5 Å². The van der Waals surface area contributed by atoms with Crippen LogP contribution in [0.2, 0.25) is 0 Å². The molecule has 2 aromatic heterocycles. The van der Waals surface area contributed by atoms with Crippen LogP contribution in [-0.2, 0) is 5.60 Å². The summed E-state index contributed by atoms with van der Waals surface area (Å²) in [5.74, 6) is 1.58. The summed E-state index contributed by atoms with van der Waals surface area (Å²) in [4.78, 5) is 12.3. The van der Waals surface area contributed by atoms with E-state index >= 15 is 0 Å². The summed E-state index contributed by atoms with van der Waals surface area (Å²) in [5, 5.41) is 20.2. The topological polar surface area (TPSA) is 93.0 Å². The zero-order chi connectivity index (χ0) is 18.0. The van der Waals surface area contributed by atoms with E-state index in [2.05, 4.69) is 10.6 Å². The second kappa shape index (κ2) is 6.74. The minimum atomic E-state index is -1.45. The van der Waals surface area contributed by atoms with Crippen LogP contribution in [0.15, 0.2) is 57.8 Å². The van der Waals surface area contributed by atoms with Crippen LogP contribution >= 0.6 is 11.3 Å². The Balaban J connectivity index is 1.45. The number of urea groups is 1. The first-order valence-corrected chi connectivity index (χ1v) is 8.83. The number of thiophene rings is 1. The molecule has 0 unspecified atom stereocenters. The molecule has 8 heteroatoms. The number of furan rings is 1. The number of rotatable bonds is 5. The van der Waals surface area contributed by atoms with Crippen molar-refractivity contribution < 1.29 is 23.8 Å². The van der Waals surface area contributed by atoms with Crippen molar-refractivity contribution in [2.24, 2.45) is 0 Å². The van der Waals surface area contributed by atoms with Crippen LogP contribution in [0.3, 0.4) is 0 Å². The van der Waals surface area contributed by atoms with E-state index in [-0.39, 0.29) is 13.3 Å². The Hall–Kier alpha value is -2.97. The molecule has 0 radical (unpaired) electrons. The lowest BCUT2D eigenvalue weighted by Gasteiger charge is -2.25. The van der Waals surface area contributed by atoms with Crippen LogP contribution in [0.25, 0.3) is 0 Å². The normalized spacial score (nSPS) is 14.7. The number of hydrogen-bond donors (Lipinski definition) is 3. The second-order valence-electron chi connectivity index (χ2n) is 5.73. The SMILES string of the molecule is O=C(NC[C@@](O)(c1ccsc1)c1ccco1)Nc1ccc2c(c1)OCO2. The molecule has 0 bridgehead atoms. The lowest BCUT2D eigenvalue weighted by atomic mass is 9.93. The van der Waals surface area contributed by atoms with Crippen LogP contribution in [-0.4, -0.2) is 24.5 Å². The first-order valence-electron chi connectivity index (χ1n) is 7.89. The molecule has 1 atom stereocenters. The van der Waals surface area contributed by atoms with Gasteiger partial charge in [-0.1, -0.05) is 0 Å². The maximum absolute atomic E-state index is 12.3. The number of hydrogen-bond acceptors (Lipinski definition) is 6. The van der Waals surface area contributed by atoms with Crippen molar-refractivity contribution in [3.63, 3.8) is 0 Å². The molecule has 2 amide bonds. The Morgan fingerprint density at radius 1 is 1.23 bits per heavy atom. The molecule has 3 aromatic rings. The second-order valence-corrected chi connectivity index (χ2v) is 6.51. The number of aliphatic hydroxyl groups is 1. The molecule has 0 saturated carbocycles. The van der Waals surface area contributed by atoms with Crippen LogP contribution in [0.4, 0.5) is 10.5 Å². The van der Waals surface area contributed by atoms with E-state index in [9.17, 15) is 9.90 Å². The van der Waals surface area contributed by atoms with Gasteiger partial charge < -0.3 is 29.6 Å². The van der Waals surface area contributed by atoms with Crippen molar-refractivity contribution in [2.45, 2.75) is 5.60 Å². The molecule has 4 rings (SSSR count). The van der Waals surface area contributed by atoms with Crippen molar-refractivity contribution in [1.82, 2.24) is 5.32 Å². The third-order valence-corrected chi connectivity index (χ3v) is 4.75. The minimum Gasteiger partial charge on any atom is -0.466 e. The summed E-state index contributed by atoms with van der Waals surface area (Å²) in [6.07, 6.45) is 1.49. The highest BCUT2D eigenvalue weighted by Crippen LogP contribution is 2.34. The van der Waals surface area contributed by atoms with Gasteiger partial charge in [-0.05, 0) is 41.1 Å². The minimum absolute atomic E-state index is 0.0480. The molecule has 7 nitrogen and oxygen atoms in total. The average molecular weight is 372 g/mol. The Morgan fingerprint density at radius 3 is 2.88 bits per heavy atom. The average Bonchev–Trinajstić information content (AvgIpc) is 3.41. The van der Waals surface area contributed by atoms with E-state index in [1.165, 1.54) is 17.6 Å². The largest absolute Gasteiger partial charge is 0.466 e. The number of amides is 2. The number of carbonyl (C=O) groups is 1. The monoisotopic (exact) mass is 372 g/mol. The fourth-order valence-corrected chi connectivity index (χ4v) is 3.43. The van der Waals surface area contributed by atoms with Crippen LogP contribution in [0.1, 0.15) is 11.3 Å². The molecule has 26 heavy (non-hydrogen) atoms. The first-order chi connectivity index (χ1) is 12.6. The first kappa shape index (κ1) is 16.5. The molecule has 3 heterocycles. The molecule has 1 aliphatic heterocycles. The summed E-state index contributed by atoms with van der Waals surface area (Å²) in [5.41, 5.74) is -0.236. The summed E-state index contributed by atoms with van der Waals surface area (Å²) in [7, 11) is 0. The molecule has 3 N–H and O–H groups in total. The quantitative estimate of drug-likeness (QED) is 0.640. The highest BCUT2D eigenvalue weighted by atomic mass is 32.1. The van der Waals surface area contributed by atoms with Gasteiger partial charge in [-0.2, -0.15) is 11.3 Å². The zero-order valence-corrected chi connectivity index (χ0v) is 14.4. The number of benzene rings is 1. The molecule has 1 aliphatic rings. The highest BCUT2D eigenvalue weighted by Gasteiger charge is 2.35. The Labute approximate surface area is 153 Å². The fourth-order valence-electron chi connectivity index (χ4n) is 2.70. The molecule has 0 saturated heterocycles. The Bertz CT molecular complexity index is 858. The van der Waals surface area contributed by atoms with E-state index in [4.69, 9.17) is 13.9 Å². The van der Waals surface area contributed by atoms with E-state index in [1.807, 2.05) is 10.8 Å². The summed E-state index contributed by atoms with van der Waals surface area (Å²) < 4.78 is 15.9. The van der Waals surface area contributed by atoms with E-state index in [0.29, 0.717) is 28.5 Å².